The second kappa shape index (κ2) is 9.64. The van der Waals surface area contributed by atoms with Gasteiger partial charge in [0, 0.05) is 39.8 Å². The first-order valence-electron chi connectivity index (χ1n) is 9.00. The van der Waals surface area contributed by atoms with Crippen molar-refractivity contribution in [1.82, 2.24) is 15.5 Å². The summed E-state index contributed by atoms with van der Waals surface area (Å²) in [6.45, 7) is 11.2. The number of hydrogen-bond donors (Lipinski definition) is 2. The van der Waals surface area contributed by atoms with E-state index in [9.17, 15) is 0 Å². The van der Waals surface area contributed by atoms with E-state index >= 15 is 0 Å². The van der Waals surface area contributed by atoms with Crippen molar-refractivity contribution in [2.45, 2.75) is 52.5 Å². The number of nitrogens with one attached hydrogen (secondary N) is 2. The highest BCUT2D eigenvalue weighted by molar-refractivity contribution is 5.79. The summed E-state index contributed by atoms with van der Waals surface area (Å²) in [5.41, 5.74) is 2.62. The Morgan fingerprint density at radius 2 is 1.75 bits per heavy atom. The Kier molecular flexibility index (Phi) is 7.53. The lowest BCUT2D eigenvalue weighted by Crippen LogP contribution is -2.44. The Hall–Kier alpha value is -1.59. The number of rotatable bonds is 6. The van der Waals surface area contributed by atoms with Crippen molar-refractivity contribution in [2.24, 2.45) is 4.99 Å². The molecule has 0 saturated carbocycles. The van der Waals surface area contributed by atoms with Gasteiger partial charge in [-0.3, -0.25) is 9.89 Å². The zero-order chi connectivity index (χ0) is 17.4. The van der Waals surface area contributed by atoms with Crippen LogP contribution in [0, 0.1) is 0 Å². The molecule has 0 aromatic heterocycles. The monoisotopic (exact) mass is 332 g/mol. The zero-order valence-electron chi connectivity index (χ0n) is 15.5. The summed E-state index contributed by atoms with van der Waals surface area (Å²) < 4.78 is 5.80. The molecule has 1 aromatic carbocycles. The molecule has 5 heteroatoms. The highest BCUT2D eigenvalue weighted by Gasteiger charge is 2.21. The third-order valence-corrected chi connectivity index (χ3v) is 4.15. The van der Waals surface area contributed by atoms with Crippen molar-refractivity contribution >= 4 is 5.96 Å². The molecule has 1 aliphatic heterocycles. The van der Waals surface area contributed by atoms with Crippen LogP contribution < -0.4 is 10.6 Å². The van der Waals surface area contributed by atoms with Gasteiger partial charge in [0.15, 0.2) is 5.96 Å². The molecule has 0 radical (unpaired) electrons. The molecule has 1 aromatic rings. The van der Waals surface area contributed by atoms with Crippen LogP contribution in [0.25, 0.3) is 0 Å². The van der Waals surface area contributed by atoms with Crippen molar-refractivity contribution in [1.29, 1.82) is 0 Å². The van der Waals surface area contributed by atoms with E-state index in [1.54, 1.807) is 7.05 Å². The van der Waals surface area contributed by atoms with Gasteiger partial charge in [-0.15, -0.1) is 0 Å². The average Bonchev–Trinajstić information content (AvgIpc) is 2.55. The van der Waals surface area contributed by atoms with Gasteiger partial charge in [-0.25, -0.2) is 0 Å². The predicted molar refractivity (Wildman–Crippen MR) is 100 cm³/mol. The molecule has 1 heterocycles. The fourth-order valence-corrected chi connectivity index (χ4v) is 3.08. The first-order valence-corrected chi connectivity index (χ1v) is 9.00. The molecule has 1 fully saturated rings. The van der Waals surface area contributed by atoms with Gasteiger partial charge in [0.05, 0.1) is 12.2 Å². The van der Waals surface area contributed by atoms with Crippen molar-refractivity contribution in [3.05, 3.63) is 35.4 Å². The van der Waals surface area contributed by atoms with E-state index in [4.69, 9.17) is 4.74 Å². The van der Waals surface area contributed by atoms with Crippen LogP contribution in [0.2, 0.25) is 0 Å². The summed E-state index contributed by atoms with van der Waals surface area (Å²) in [7, 11) is 1.80. The summed E-state index contributed by atoms with van der Waals surface area (Å²) in [4.78, 5) is 6.70. The lowest BCUT2D eigenvalue weighted by atomic mass is 10.1. The molecule has 1 aliphatic rings. The van der Waals surface area contributed by atoms with E-state index in [1.165, 1.54) is 11.1 Å². The summed E-state index contributed by atoms with van der Waals surface area (Å²) >= 11 is 0. The zero-order valence-corrected chi connectivity index (χ0v) is 15.5. The molecule has 0 amide bonds. The molecular formula is C19H32N4O. The van der Waals surface area contributed by atoms with Crippen molar-refractivity contribution < 1.29 is 4.74 Å². The van der Waals surface area contributed by atoms with E-state index in [0.717, 1.165) is 45.1 Å². The quantitative estimate of drug-likeness (QED) is 0.620. The molecule has 2 atom stereocenters. The Balaban J connectivity index is 1.82. The summed E-state index contributed by atoms with van der Waals surface area (Å²) in [6, 6.07) is 8.85. The van der Waals surface area contributed by atoms with Crippen molar-refractivity contribution in [3.63, 3.8) is 0 Å². The van der Waals surface area contributed by atoms with Crippen molar-refractivity contribution in [3.8, 4) is 0 Å². The number of hydrogen-bond acceptors (Lipinski definition) is 3. The lowest BCUT2D eigenvalue weighted by Gasteiger charge is -2.35. The molecular weight excluding hydrogens is 300 g/mol. The van der Waals surface area contributed by atoms with Gasteiger partial charge < -0.3 is 15.4 Å². The summed E-state index contributed by atoms with van der Waals surface area (Å²) in [5.74, 6) is 0.859. The van der Waals surface area contributed by atoms with Crippen LogP contribution in [-0.2, 0) is 17.8 Å². The second-order valence-electron chi connectivity index (χ2n) is 6.62. The third kappa shape index (κ3) is 6.13. The highest BCUT2D eigenvalue weighted by Crippen LogP contribution is 2.14. The van der Waals surface area contributed by atoms with E-state index < -0.39 is 0 Å². The maximum Gasteiger partial charge on any atom is 0.191 e. The Morgan fingerprint density at radius 3 is 2.33 bits per heavy atom. The molecule has 0 bridgehead atoms. The smallest absolute Gasteiger partial charge is 0.191 e. The highest BCUT2D eigenvalue weighted by atomic mass is 16.5. The first-order chi connectivity index (χ1) is 11.6. The van der Waals surface area contributed by atoms with Gasteiger partial charge >= 0.3 is 0 Å². The maximum atomic E-state index is 5.80. The molecule has 134 valence electrons. The maximum absolute atomic E-state index is 5.80. The third-order valence-electron chi connectivity index (χ3n) is 4.15. The van der Waals surface area contributed by atoms with E-state index in [-0.39, 0.29) is 0 Å². The van der Waals surface area contributed by atoms with Gasteiger partial charge in [-0.1, -0.05) is 31.2 Å². The topological polar surface area (TPSA) is 48.9 Å². The molecule has 2 rings (SSSR count). The fourth-order valence-electron chi connectivity index (χ4n) is 3.08. The Labute approximate surface area is 146 Å². The van der Waals surface area contributed by atoms with E-state index in [0.29, 0.717) is 12.2 Å². The number of morpholine rings is 1. The largest absolute Gasteiger partial charge is 0.373 e. The van der Waals surface area contributed by atoms with Gasteiger partial charge in [0.25, 0.3) is 0 Å². The number of nitrogens with zero attached hydrogens (tertiary/aromatic N) is 2. The normalized spacial score (nSPS) is 22.4. The van der Waals surface area contributed by atoms with Crippen LogP contribution in [0.15, 0.2) is 29.3 Å². The number of guanidine groups is 1. The van der Waals surface area contributed by atoms with Gasteiger partial charge in [-0.05, 0) is 31.4 Å². The van der Waals surface area contributed by atoms with Crippen molar-refractivity contribution in [2.75, 3.05) is 26.7 Å². The molecule has 2 N–H and O–H groups in total. The minimum atomic E-state index is 0.319. The summed E-state index contributed by atoms with van der Waals surface area (Å²) in [5, 5.41) is 6.63. The van der Waals surface area contributed by atoms with Crippen LogP contribution in [-0.4, -0.2) is 49.7 Å². The minimum Gasteiger partial charge on any atom is -0.373 e. The molecule has 2 unspecified atom stereocenters. The van der Waals surface area contributed by atoms with Crippen LogP contribution in [0.3, 0.4) is 0 Å². The van der Waals surface area contributed by atoms with Crippen LogP contribution in [0.1, 0.15) is 38.3 Å². The molecule has 24 heavy (non-hydrogen) atoms. The lowest BCUT2D eigenvalue weighted by molar-refractivity contribution is -0.0704. The van der Waals surface area contributed by atoms with Gasteiger partial charge in [-0.2, -0.15) is 0 Å². The van der Waals surface area contributed by atoms with Gasteiger partial charge in [0.1, 0.15) is 0 Å². The van der Waals surface area contributed by atoms with Gasteiger partial charge in [0.2, 0.25) is 0 Å². The molecule has 0 spiro atoms. The predicted octanol–water partition coefficient (Wildman–Crippen LogP) is 2.37. The number of ether oxygens (including phenoxy) is 1. The number of aliphatic imine (C=N–C) groups is 1. The summed E-state index contributed by atoms with van der Waals surface area (Å²) in [6.07, 6.45) is 1.73. The van der Waals surface area contributed by atoms with E-state index in [2.05, 4.69) is 65.6 Å². The second-order valence-corrected chi connectivity index (χ2v) is 6.62. The van der Waals surface area contributed by atoms with Crippen LogP contribution in [0.5, 0.6) is 0 Å². The van der Waals surface area contributed by atoms with Crippen LogP contribution in [0.4, 0.5) is 0 Å². The average molecular weight is 332 g/mol. The first kappa shape index (κ1) is 18.7. The SMILES string of the molecule is CCCNC(=NC)NCc1ccc(CN2CC(C)OC(C)C2)cc1. The Morgan fingerprint density at radius 1 is 1.12 bits per heavy atom. The molecule has 5 nitrogen and oxygen atoms in total. The fraction of sp³-hybridized carbons (Fsp3) is 0.632. The van der Waals surface area contributed by atoms with Crippen LogP contribution >= 0.6 is 0 Å². The standard InChI is InChI=1S/C19H32N4O/c1-5-10-21-19(20-4)22-11-17-6-8-18(9-7-17)14-23-12-15(2)24-16(3)13-23/h6-9,15-16H,5,10-14H2,1-4H3,(H2,20,21,22). The van der Waals surface area contributed by atoms with E-state index in [1.807, 2.05) is 0 Å². The molecule has 1 saturated heterocycles. The Bertz CT molecular complexity index is 505. The minimum absolute atomic E-state index is 0.319. The molecule has 0 aliphatic carbocycles. The number of benzene rings is 1.